The van der Waals surface area contributed by atoms with Gasteiger partial charge in [0, 0.05) is 0 Å². The van der Waals surface area contributed by atoms with Crippen molar-refractivity contribution in [1.82, 2.24) is 5.32 Å². The molecule has 0 aromatic heterocycles. The summed E-state index contributed by atoms with van der Waals surface area (Å²) in [5.41, 5.74) is -1.03. The molecule has 0 saturated heterocycles. The molecule has 0 radical (unpaired) electrons. The zero-order chi connectivity index (χ0) is 23.4. The number of rotatable bonds is 22. The largest absolute Gasteiger partial charge is 1.00 e. The fourth-order valence-electron chi connectivity index (χ4n) is 4.15. The number of hydrogen-bond acceptors (Lipinski definition) is 4. The molecule has 0 spiro atoms. The summed E-state index contributed by atoms with van der Waals surface area (Å²) < 4.78 is 33.5. The van der Waals surface area contributed by atoms with E-state index in [4.69, 9.17) is 0 Å². The first-order valence-corrected chi connectivity index (χ1v) is 14.2. The summed E-state index contributed by atoms with van der Waals surface area (Å²) in [5.74, 6) is -1.03. The maximum atomic E-state index is 11.6. The van der Waals surface area contributed by atoms with Crippen LogP contribution in [0.3, 0.4) is 0 Å². The average Bonchev–Trinajstić information content (AvgIpc) is 2.68. The predicted octanol–water partition coefficient (Wildman–Crippen LogP) is 3.64. The van der Waals surface area contributed by atoms with E-state index >= 15 is 0 Å². The second-order valence-corrected chi connectivity index (χ2v) is 10.8. The summed E-state index contributed by atoms with van der Waals surface area (Å²) in [6.07, 6.45) is 23.3. The smallest absolute Gasteiger partial charge is 0.748 e. The standard InChI is InChI=1S/C25H49NO4S.Na/c1-4-6-7-8-9-10-11-12-13-14-15-16-17-18-19-20-21-22-25(3,23-31(28,29)30)26-24(27)5-2;/h5H,2,4,6-23H2,1,3H3,(H,26,27)(H,28,29,30);/q;+1/p-1. The van der Waals surface area contributed by atoms with Gasteiger partial charge in [0.15, 0.2) is 0 Å². The summed E-state index contributed by atoms with van der Waals surface area (Å²) in [5, 5.41) is 2.62. The molecular weight excluding hydrogens is 433 g/mol. The number of nitrogens with one attached hydrogen (secondary N) is 1. The Balaban J connectivity index is 0. The van der Waals surface area contributed by atoms with E-state index in [1.807, 2.05) is 0 Å². The molecule has 184 valence electrons. The fourth-order valence-corrected chi connectivity index (χ4v) is 5.15. The molecule has 32 heavy (non-hydrogen) atoms. The van der Waals surface area contributed by atoms with Crippen LogP contribution in [0.5, 0.6) is 0 Å². The summed E-state index contributed by atoms with van der Waals surface area (Å²) in [7, 11) is -4.41. The Labute approximate surface area is 221 Å². The predicted molar refractivity (Wildman–Crippen MR) is 130 cm³/mol. The van der Waals surface area contributed by atoms with Crippen LogP contribution < -0.4 is 34.9 Å². The van der Waals surface area contributed by atoms with Crippen LogP contribution in [-0.4, -0.2) is 30.2 Å². The molecule has 0 aliphatic rings. The van der Waals surface area contributed by atoms with E-state index in [1.54, 1.807) is 6.92 Å². The van der Waals surface area contributed by atoms with Crippen LogP contribution in [0.1, 0.15) is 129 Å². The van der Waals surface area contributed by atoms with E-state index in [0.717, 1.165) is 25.3 Å². The Morgan fingerprint density at radius 1 is 0.812 bits per heavy atom. The van der Waals surface area contributed by atoms with Gasteiger partial charge in [-0.2, -0.15) is 0 Å². The van der Waals surface area contributed by atoms with E-state index in [0.29, 0.717) is 6.42 Å². The minimum Gasteiger partial charge on any atom is -0.748 e. The van der Waals surface area contributed by atoms with E-state index in [-0.39, 0.29) is 29.6 Å². The number of carbonyl (C=O) groups is 1. The number of hydrogen-bond donors (Lipinski definition) is 1. The van der Waals surface area contributed by atoms with Crippen LogP contribution in [0.15, 0.2) is 12.7 Å². The normalized spacial score (nSPS) is 13.2. The molecule has 5 nitrogen and oxygen atoms in total. The summed E-state index contributed by atoms with van der Waals surface area (Å²) in [4.78, 5) is 11.6. The molecule has 0 aromatic rings. The van der Waals surface area contributed by atoms with Gasteiger partial charge in [0.05, 0.1) is 21.4 Å². The minimum atomic E-state index is -4.41. The molecule has 0 rings (SSSR count). The van der Waals surface area contributed by atoms with Crippen molar-refractivity contribution >= 4 is 16.0 Å². The summed E-state index contributed by atoms with van der Waals surface area (Å²) in [6.45, 7) is 7.27. The first-order chi connectivity index (χ1) is 14.7. The van der Waals surface area contributed by atoms with Gasteiger partial charge in [-0.25, -0.2) is 8.42 Å². The molecule has 1 unspecified atom stereocenters. The first-order valence-electron chi connectivity index (χ1n) is 12.6. The van der Waals surface area contributed by atoms with Crippen LogP contribution in [0.25, 0.3) is 0 Å². The van der Waals surface area contributed by atoms with Crippen LogP contribution in [-0.2, 0) is 14.9 Å². The van der Waals surface area contributed by atoms with Gasteiger partial charge in [-0.1, -0.05) is 123 Å². The third kappa shape index (κ3) is 23.3. The molecular formula is C25H48NNaO4S. The maximum Gasteiger partial charge on any atom is 1.00 e. The molecule has 0 aliphatic heterocycles. The van der Waals surface area contributed by atoms with Gasteiger partial charge < -0.3 is 9.87 Å². The third-order valence-electron chi connectivity index (χ3n) is 5.94. The number of carbonyl (C=O) groups excluding carboxylic acids is 1. The molecule has 0 saturated carbocycles. The van der Waals surface area contributed by atoms with Gasteiger partial charge in [0.1, 0.15) is 0 Å². The van der Waals surface area contributed by atoms with Crippen molar-refractivity contribution in [3.63, 3.8) is 0 Å². The second-order valence-electron chi connectivity index (χ2n) is 9.36. The Kier molecular flexibility index (Phi) is 23.2. The maximum absolute atomic E-state index is 11.6. The van der Waals surface area contributed by atoms with E-state index < -0.39 is 27.3 Å². The van der Waals surface area contributed by atoms with Gasteiger partial charge in [-0.15, -0.1) is 0 Å². The molecule has 1 N–H and O–H groups in total. The Bertz CT molecular complexity index is 568. The van der Waals surface area contributed by atoms with Gasteiger partial charge >= 0.3 is 29.6 Å². The van der Waals surface area contributed by atoms with Crippen LogP contribution in [0.4, 0.5) is 0 Å². The summed E-state index contributed by atoms with van der Waals surface area (Å²) >= 11 is 0. The quantitative estimate of drug-likeness (QED) is 0.111. The first kappa shape index (κ1) is 34.3. The molecule has 0 heterocycles. The molecule has 1 atom stereocenters. The molecule has 0 fully saturated rings. The zero-order valence-corrected chi connectivity index (χ0v) is 24.1. The molecule has 0 bridgehead atoms. The van der Waals surface area contributed by atoms with Crippen molar-refractivity contribution in [3.8, 4) is 0 Å². The van der Waals surface area contributed by atoms with Crippen molar-refractivity contribution in [3.05, 3.63) is 12.7 Å². The van der Waals surface area contributed by atoms with Gasteiger partial charge in [-0.3, -0.25) is 4.79 Å². The SMILES string of the molecule is C=CC(=O)NC(C)(CCCCCCCCCCCCCCCCCCC)CS(=O)(=O)[O-].[Na+]. The molecule has 0 aromatic carbocycles. The van der Waals surface area contributed by atoms with Gasteiger partial charge in [0.25, 0.3) is 0 Å². The molecule has 0 aliphatic carbocycles. The van der Waals surface area contributed by atoms with Crippen molar-refractivity contribution in [2.24, 2.45) is 0 Å². The Morgan fingerprint density at radius 3 is 1.47 bits per heavy atom. The van der Waals surface area contributed by atoms with Crippen LogP contribution in [0, 0.1) is 0 Å². The molecule has 1 amide bonds. The van der Waals surface area contributed by atoms with Crippen molar-refractivity contribution in [1.29, 1.82) is 0 Å². The Morgan fingerprint density at radius 2 is 1.16 bits per heavy atom. The third-order valence-corrected chi connectivity index (χ3v) is 6.93. The number of unbranched alkanes of at least 4 members (excludes halogenated alkanes) is 16. The van der Waals surface area contributed by atoms with Crippen LogP contribution in [0.2, 0.25) is 0 Å². The topological polar surface area (TPSA) is 86.3 Å². The van der Waals surface area contributed by atoms with E-state index in [9.17, 15) is 17.8 Å². The Hall–Kier alpha value is 0.120. The van der Waals surface area contributed by atoms with E-state index in [1.165, 1.54) is 89.9 Å². The van der Waals surface area contributed by atoms with Crippen molar-refractivity contribution in [2.75, 3.05) is 5.75 Å². The van der Waals surface area contributed by atoms with Crippen LogP contribution >= 0.6 is 0 Å². The zero-order valence-electron chi connectivity index (χ0n) is 21.3. The molecule has 7 heteroatoms. The second kappa shape index (κ2) is 21.6. The average molecular weight is 482 g/mol. The van der Waals surface area contributed by atoms with E-state index in [2.05, 4.69) is 18.8 Å². The minimum absolute atomic E-state index is 0. The van der Waals surface area contributed by atoms with Gasteiger partial charge in [0.2, 0.25) is 5.91 Å². The summed E-state index contributed by atoms with van der Waals surface area (Å²) in [6, 6.07) is 0. The monoisotopic (exact) mass is 481 g/mol. The van der Waals surface area contributed by atoms with Gasteiger partial charge in [-0.05, 0) is 19.4 Å². The number of amides is 1. The fraction of sp³-hybridized carbons (Fsp3) is 0.880. The van der Waals surface area contributed by atoms with Crippen molar-refractivity contribution in [2.45, 2.75) is 135 Å². The van der Waals surface area contributed by atoms with Crippen molar-refractivity contribution < 1.29 is 47.3 Å².